The monoisotopic (exact) mass is 291 g/mol. The Balaban J connectivity index is 2.11. The average Bonchev–Trinajstić information content (AvgIpc) is 2.44. The second kappa shape index (κ2) is 6.70. The minimum atomic E-state index is -0.365. The molecule has 0 unspecified atom stereocenters. The first-order chi connectivity index (χ1) is 9.60. The highest BCUT2D eigenvalue weighted by molar-refractivity contribution is 7.98. The normalized spacial score (nSPS) is 10.6. The molecule has 0 aliphatic rings. The fourth-order valence-corrected chi connectivity index (χ4v) is 2.50. The Morgan fingerprint density at radius 1 is 1.15 bits per heavy atom. The van der Waals surface area contributed by atoms with Gasteiger partial charge in [0.25, 0.3) is 0 Å². The van der Waals surface area contributed by atoms with Gasteiger partial charge in [-0.3, -0.25) is 0 Å². The van der Waals surface area contributed by atoms with E-state index in [0.717, 1.165) is 4.90 Å². The van der Waals surface area contributed by atoms with Crippen molar-refractivity contribution < 1.29 is 4.39 Å². The maximum Gasteiger partial charge on any atom is 0.186 e. The molecule has 2 rings (SSSR count). The number of nitrogens with zero attached hydrogens (tertiary/aromatic N) is 2. The molecule has 0 saturated carbocycles. The standard InChI is InChI=1S/C15H18FN3S/c1-4-17-15-14(16)11(3)18-13(19-15)9-20-12-7-5-10(2)6-8-12/h5-8H,4,9H2,1-3H3,(H,17,18,19). The maximum atomic E-state index is 13.8. The van der Waals surface area contributed by atoms with Gasteiger partial charge in [-0.2, -0.15) is 0 Å². The molecular formula is C15H18FN3S. The number of thioether (sulfide) groups is 1. The largest absolute Gasteiger partial charge is 0.368 e. The summed E-state index contributed by atoms with van der Waals surface area (Å²) in [6.45, 7) is 6.27. The van der Waals surface area contributed by atoms with Crippen molar-refractivity contribution in [2.24, 2.45) is 0 Å². The van der Waals surface area contributed by atoms with Crippen LogP contribution >= 0.6 is 11.8 Å². The van der Waals surface area contributed by atoms with Crippen molar-refractivity contribution in [3.8, 4) is 0 Å². The van der Waals surface area contributed by atoms with Crippen molar-refractivity contribution >= 4 is 17.6 Å². The van der Waals surface area contributed by atoms with Crippen LogP contribution in [0, 0.1) is 19.7 Å². The van der Waals surface area contributed by atoms with Crippen molar-refractivity contribution in [3.63, 3.8) is 0 Å². The zero-order chi connectivity index (χ0) is 14.5. The highest BCUT2D eigenvalue weighted by Crippen LogP contribution is 2.23. The summed E-state index contributed by atoms with van der Waals surface area (Å²) < 4.78 is 13.8. The van der Waals surface area contributed by atoms with E-state index < -0.39 is 0 Å². The molecule has 0 amide bonds. The van der Waals surface area contributed by atoms with Gasteiger partial charge in [-0.25, -0.2) is 14.4 Å². The summed E-state index contributed by atoms with van der Waals surface area (Å²) >= 11 is 1.65. The van der Waals surface area contributed by atoms with Crippen molar-refractivity contribution in [2.75, 3.05) is 11.9 Å². The molecule has 0 spiro atoms. The lowest BCUT2D eigenvalue weighted by atomic mass is 10.2. The molecule has 5 heteroatoms. The van der Waals surface area contributed by atoms with Gasteiger partial charge in [0, 0.05) is 11.4 Å². The van der Waals surface area contributed by atoms with E-state index >= 15 is 0 Å². The number of hydrogen-bond acceptors (Lipinski definition) is 4. The van der Waals surface area contributed by atoms with Gasteiger partial charge in [-0.1, -0.05) is 17.7 Å². The highest BCUT2D eigenvalue weighted by Gasteiger charge is 2.10. The van der Waals surface area contributed by atoms with Crippen LogP contribution in [0.1, 0.15) is 24.0 Å². The second-order valence-corrected chi connectivity index (χ2v) is 5.57. The molecule has 0 fully saturated rings. The molecule has 1 aromatic heterocycles. The Bertz CT molecular complexity index is 584. The number of aryl methyl sites for hydroxylation is 2. The zero-order valence-electron chi connectivity index (χ0n) is 11.9. The molecule has 2 aromatic rings. The van der Waals surface area contributed by atoms with Gasteiger partial charge in [0.05, 0.1) is 11.4 Å². The number of nitrogens with one attached hydrogen (secondary N) is 1. The van der Waals surface area contributed by atoms with E-state index in [9.17, 15) is 4.39 Å². The van der Waals surface area contributed by atoms with Gasteiger partial charge in [-0.15, -0.1) is 11.8 Å². The van der Waals surface area contributed by atoms with E-state index in [2.05, 4.69) is 46.5 Å². The minimum absolute atomic E-state index is 0.291. The van der Waals surface area contributed by atoms with Crippen molar-refractivity contribution in [1.29, 1.82) is 0 Å². The Morgan fingerprint density at radius 3 is 2.50 bits per heavy atom. The van der Waals surface area contributed by atoms with Crippen LogP contribution in [0.2, 0.25) is 0 Å². The fraction of sp³-hybridized carbons (Fsp3) is 0.333. The first-order valence-electron chi connectivity index (χ1n) is 6.56. The van der Waals surface area contributed by atoms with E-state index in [0.29, 0.717) is 29.6 Å². The predicted molar refractivity (Wildman–Crippen MR) is 81.6 cm³/mol. The fourth-order valence-electron chi connectivity index (χ4n) is 1.75. The van der Waals surface area contributed by atoms with Crippen LogP contribution in [0.5, 0.6) is 0 Å². The molecule has 1 N–H and O–H groups in total. The van der Waals surface area contributed by atoms with Crippen LogP contribution in [-0.2, 0) is 5.75 Å². The summed E-state index contributed by atoms with van der Waals surface area (Å²) in [5.74, 6) is 1.20. The first-order valence-corrected chi connectivity index (χ1v) is 7.55. The third kappa shape index (κ3) is 3.70. The van der Waals surface area contributed by atoms with E-state index in [1.807, 2.05) is 6.92 Å². The number of hydrogen-bond donors (Lipinski definition) is 1. The topological polar surface area (TPSA) is 37.8 Å². The molecule has 1 heterocycles. The molecule has 3 nitrogen and oxygen atoms in total. The number of rotatable bonds is 5. The van der Waals surface area contributed by atoms with Gasteiger partial charge in [0.2, 0.25) is 0 Å². The summed E-state index contributed by atoms with van der Waals surface area (Å²) in [5, 5.41) is 2.93. The van der Waals surface area contributed by atoms with Crippen LogP contribution in [0.15, 0.2) is 29.2 Å². The molecule has 0 radical (unpaired) electrons. The molecular weight excluding hydrogens is 273 g/mol. The Labute approximate surface area is 123 Å². The molecule has 0 atom stereocenters. The highest BCUT2D eigenvalue weighted by atomic mass is 32.2. The van der Waals surface area contributed by atoms with Gasteiger partial charge < -0.3 is 5.32 Å². The van der Waals surface area contributed by atoms with Crippen LogP contribution < -0.4 is 5.32 Å². The lowest BCUT2D eigenvalue weighted by Gasteiger charge is -2.08. The zero-order valence-corrected chi connectivity index (χ0v) is 12.7. The van der Waals surface area contributed by atoms with E-state index in [1.54, 1.807) is 18.7 Å². The van der Waals surface area contributed by atoms with Gasteiger partial charge in [0.1, 0.15) is 5.82 Å². The number of anilines is 1. The maximum absolute atomic E-state index is 13.8. The van der Waals surface area contributed by atoms with E-state index in [4.69, 9.17) is 0 Å². The van der Waals surface area contributed by atoms with Crippen LogP contribution in [0.4, 0.5) is 10.2 Å². The number of halogens is 1. The summed E-state index contributed by atoms with van der Waals surface area (Å²) in [6, 6.07) is 8.29. The summed E-state index contributed by atoms with van der Waals surface area (Å²) in [5.41, 5.74) is 1.62. The second-order valence-electron chi connectivity index (χ2n) is 4.52. The molecule has 0 saturated heterocycles. The molecule has 0 aliphatic heterocycles. The van der Waals surface area contributed by atoms with Crippen LogP contribution in [0.25, 0.3) is 0 Å². The van der Waals surface area contributed by atoms with E-state index in [1.165, 1.54) is 5.56 Å². The summed E-state index contributed by atoms with van der Waals surface area (Å²) in [4.78, 5) is 9.60. The third-order valence-corrected chi connectivity index (χ3v) is 3.80. The van der Waals surface area contributed by atoms with Gasteiger partial charge >= 0.3 is 0 Å². The average molecular weight is 291 g/mol. The minimum Gasteiger partial charge on any atom is -0.368 e. The first kappa shape index (κ1) is 14.8. The lowest BCUT2D eigenvalue weighted by molar-refractivity contribution is 0.602. The number of benzene rings is 1. The quantitative estimate of drug-likeness (QED) is 0.846. The Kier molecular flexibility index (Phi) is 4.95. The Morgan fingerprint density at radius 2 is 1.85 bits per heavy atom. The van der Waals surface area contributed by atoms with Gasteiger partial charge in [0.15, 0.2) is 11.6 Å². The lowest BCUT2D eigenvalue weighted by Crippen LogP contribution is -2.08. The van der Waals surface area contributed by atoms with Crippen LogP contribution in [-0.4, -0.2) is 16.5 Å². The van der Waals surface area contributed by atoms with E-state index in [-0.39, 0.29) is 5.82 Å². The predicted octanol–water partition coefficient (Wildman–Crippen LogP) is 3.96. The molecule has 0 aliphatic carbocycles. The van der Waals surface area contributed by atoms with Crippen molar-refractivity contribution in [1.82, 2.24) is 9.97 Å². The SMILES string of the molecule is CCNc1nc(CSc2ccc(C)cc2)nc(C)c1F. The molecule has 20 heavy (non-hydrogen) atoms. The van der Waals surface area contributed by atoms with Crippen molar-refractivity contribution in [3.05, 3.63) is 47.2 Å². The Hall–Kier alpha value is -1.62. The molecule has 1 aromatic carbocycles. The van der Waals surface area contributed by atoms with Gasteiger partial charge in [-0.05, 0) is 32.9 Å². The third-order valence-electron chi connectivity index (χ3n) is 2.80. The summed E-state index contributed by atoms with van der Waals surface area (Å²) in [7, 11) is 0. The number of aromatic nitrogens is 2. The smallest absolute Gasteiger partial charge is 0.186 e. The summed E-state index contributed by atoms with van der Waals surface area (Å²) in [6.07, 6.45) is 0. The molecule has 0 bridgehead atoms. The van der Waals surface area contributed by atoms with Crippen LogP contribution in [0.3, 0.4) is 0 Å². The van der Waals surface area contributed by atoms with Crippen molar-refractivity contribution in [2.45, 2.75) is 31.4 Å². The molecule has 106 valence electrons.